The van der Waals surface area contributed by atoms with Gasteiger partial charge in [-0.05, 0) is 36.8 Å². The summed E-state index contributed by atoms with van der Waals surface area (Å²) in [6, 6.07) is 24.1. The molecule has 0 radical (unpaired) electrons. The van der Waals surface area contributed by atoms with Gasteiger partial charge in [0.25, 0.3) is 0 Å². The Kier molecular flexibility index (Phi) is 6.70. The van der Waals surface area contributed by atoms with Crippen LogP contribution in [0.25, 0.3) is 10.9 Å². The van der Waals surface area contributed by atoms with Crippen molar-refractivity contribution in [3.8, 4) is 0 Å². The van der Waals surface area contributed by atoms with Crippen molar-refractivity contribution in [1.29, 1.82) is 10.8 Å². The lowest BCUT2D eigenvalue weighted by molar-refractivity contribution is 0.0686. The van der Waals surface area contributed by atoms with E-state index in [9.17, 15) is 9.90 Å². The monoisotopic (exact) mass is 427 g/mol. The van der Waals surface area contributed by atoms with Crippen LogP contribution in [0.3, 0.4) is 0 Å². The molecule has 0 fully saturated rings. The first-order chi connectivity index (χ1) is 15.3. The molecule has 1 aromatic heterocycles. The van der Waals surface area contributed by atoms with Crippen molar-refractivity contribution in [3.05, 3.63) is 107 Å². The number of benzene rings is 3. The molecule has 3 aromatic carbocycles. The number of fused-ring (bicyclic) bond motifs is 1. The predicted octanol–water partition coefficient (Wildman–Crippen LogP) is 3.95. The Morgan fingerprint density at radius 3 is 2.09 bits per heavy atom. The molecule has 0 saturated carbocycles. The summed E-state index contributed by atoms with van der Waals surface area (Å²) >= 11 is 0. The van der Waals surface area contributed by atoms with E-state index in [0.29, 0.717) is 12.1 Å². The fraction of sp³-hybridized carbons (Fsp3) is 0.0800. The number of hydrogen-bond donors (Lipinski definition) is 5. The Morgan fingerprint density at radius 1 is 0.875 bits per heavy atom. The van der Waals surface area contributed by atoms with E-state index in [4.69, 9.17) is 22.3 Å². The molecule has 1 heterocycles. The molecule has 0 unspecified atom stereocenters. The summed E-state index contributed by atoms with van der Waals surface area (Å²) in [5.74, 6) is -0.833. The van der Waals surface area contributed by atoms with Crippen LogP contribution in [0.1, 0.15) is 32.7 Å². The molecule has 162 valence electrons. The van der Waals surface area contributed by atoms with Crippen molar-refractivity contribution < 1.29 is 9.90 Å². The third-order valence-corrected chi connectivity index (χ3v) is 4.94. The summed E-state index contributed by atoms with van der Waals surface area (Å²) < 4.78 is 1.76. The zero-order valence-corrected chi connectivity index (χ0v) is 17.7. The van der Waals surface area contributed by atoms with Crippen LogP contribution in [0.5, 0.6) is 0 Å². The molecular formula is C25H25N5O2. The molecule has 0 aliphatic carbocycles. The van der Waals surface area contributed by atoms with Gasteiger partial charge in [0.1, 0.15) is 17.4 Å². The Morgan fingerprint density at radius 2 is 1.50 bits per heavy atom. The van der Waals surface area contributed by atoms with Gasteiger partial charge in [-0.3, -0.25) is 10.8 Å². The van der Waals surface area contributed by atoms with Gasteiger partial charge >= 0.3 is 5.97 Å². The number of hydrogen-bond acceptors (Lipinski definition) is 3. The number of aromatic carboxylic acids is 1. The zero-order valence-electron chi connectivity index (χ0n) is 17.7. The number of para-hydroxylation sites is 1. The van der Waals surface area contributed by atoms with Crippen LogP contribution in [-0.4, -0.2) is 27.3 Å². The Hall–Kier alpha value is -4.39. The number of nitrogens with two attached hydrogens (primary N) is 2. The first-order valence-corrected chi connectivity index (χ1v) is 9.92. The number of rotatable bonds is 5. The van der Waals surface area contributed by atoms with Crippen molar-refractivity contribution in [2.24, 2.45) is 11.5 Å². The van der Waals surface area contributed by atoms with E-state index in [2.05, 4.69) is 0 Å². The predicted molar refractivity (Wildman–Crippen MR) is 128 cm³/mol. The first-order valence-electron chi connectivity index (χ1n) is 9.92. The molecule has 7 N–H and O–H groups in total. The van der Waals surface area contributed by atoms with Gasteiger partial charge in [-0.25, -0.2) is 4.79 Å². The normalized spacial score (nSPS) is 10.3. The average molecular weight is 428 g/mol. The number of nitrogen functional groups attached to an aromatic ring is 2. The lowest BCUT2D eigenvalue weighted by Crippen LogP contribution is -2.13. The summed E-state index contributed by atoms with van der Waals surface area (Å²) in [6.45, 7) is 2.39. The van der Waals surface area contributed by atoms with Crippen molar-refractivity contribution in [2.75, 3.05) is 0 Å². The number of aryl methyl sites for hydroxylation is 1. The van der Waals surface area contributed by atoms with E-state index in [1.54, 1.807) is 16.7 Å². The zero-order chi connectivity index (χ0) is 23.3. The molecule has 4 rings (SSSR count). The van der Waals surface area contributed by atoms with Crippen LogP contribution in [0.4, 0.5) is 0 Å². The lowest BCUT2D eigenvalue weighted by atomic mass is 10.1. The number of carboxylic acids is 1. The van der Waals surface area contributed by atoms with Crippen LogP contribution in [0, 0.1) is 17.7 Å². The van der Waals surface area contributed by atoms with Gasteiger partial charge in [0.2, 0.25) is 0 Å². The van der Waals surface area contributed by atoms with E-state index < -0.39 is 5.97 Å². The van der Waals surface area contributed by atoms with Crippen molar-refractivity contribution in [1.82, 2.24) is 4.57 Å². The van der Waals surface area contributed by atoms with Crippen LogP contribution < -0.4 is 11.5 Å². The fourth-order valence-corrected chi connectivity index (χ4v) is 3.39. The van der Waals surface area contributed by atoms with Crippen LogP contribution in [-0.2, 0) is 6.54 Å². The van der Waals surface area contributed by atoms with E-state index in [-0.39, 0.29) is 17.4 Å². The third-order valence-electron chi connectivity index (χ3n) is 4.94. The van der Waals surface area contributed by atoms with Crippen LogP contribution >= 0.6 is 0 Å². The maximum atomic E-state index is 11.5. The highest BCUT2D eigenvalue weighted by molar-refractivity contribution is 5.96. The minimum Gasteiger partial charge on any atom is -0.477 e. The number of carboxylic acid groups (broad SMARTS) is 1. The lowest BCUT2D eigenvalue weighted by Gasteiger charge is -2.10. The SMILES string of the molecule is Cc1cccc(C(=N)N)c1.N=C(N)c1cccc(Cn2c(C(=O)O)cc3ccccc32)c1. The summed E-state index contributed by atoms with van der Waals surface area (Å²) in [6.07, 6.45) is 0. The summed E-state index contributed by atoms with van der Waals surface area (Å²) in [5.41, 5.74) is 15.3. The Bertz CT molecular complexity index is 1310. The van der Waals surface area contributed by atoms with Crippen molar-refractivity contribution in [3.63, 3.8) is 0 Å². The standard InChI is InChI=1S/C17H15N3O2.C8H10N2/c18-16(19)13-6-3-4-11(8-13)10-20-14-7-2-1-5-12(14)9-15(20)17(21)22;1-6-3-2-4-7(5-6)8(9)10/h1-9H,10H2,(H3,18,19)(H,21,22);2-5H,1H3,(H3,9,10). The van der Waals surface area contributed by atoms with Crippen molar-refractivity contribution in [2.45, 2.75) is 13.5 Å². The minimum atomic E-state index is -0.959. The maximum absolute atomic E-state index is 11.5. The van der Waals surface area contributed by atoms with Gasteiger partial charge in [0.05, 0.1) is 0 Å². The number of nitrogens with one attached hydrogen (secondary N) is 2. The highest BCUT2D eigenvalue weighted by Crippen LogP contribution is 2.21. The number of amidine groups is 2. The topological polar surface area (TPSA) is 142 Å². The molecule has 0 saturated heterocycles. The number of aromatic nitrogens is 1. The maximum Gasteiger partial charge on any atom is 0.352 e. The molecule has 0 aliphatic heterocycles. The van der Waals surface area contributed by atoms with E-state index in [0.717, 1.165) is 27.6 Å². The van der Waals surface area contributed by atoms with Gasteiger partial charge in [-0.15, -0.1) is 0 Å². The quantitative estimate of drug-likeness (QED) is 0.243. The second kappa shape index (κ2) is 9.61. The highest BCUT2D eigenvalue weighted by Gasteiger charge is 2.14. The van der Waals surface area contributed by atoms with Gasteiger partial charge in [-0.1, -0.05) is 60.2 Å². The van der Waals surface area contributed by atoms with Gasteiger partial charge in [0, 0.05) is 28.6 Å². The molecule has 0 amide bonds. The molecule has 0 bridgehead atoms. The fourth-order valence-electron chi connectivity index (χ4n) is 3.39. The van der Waals surface area contributed by atoms with Gasteiger partial charge < -0.3 is 21.1 Å². The van der Waals surface area contributed by atoms with Gasteiger partial charge in [-0.2, -0.15) is 0 Å². The summed E-state index contributed by atoms with van der Waals surface area (Å²) in [5, 5.41) is 24.9. The first kappa shape index (κ1) is 22.3. The van der Waals surface area contributed by atoms with Gasteiger partial charge in [0.15, 0.2) is 0 Å². The number of carbonyl (C=O) groups is 1. The highest BCUT2D eigenvalue weighted by atomic mass is 16.4. The molecule has 7 heteroatoms. The second-order valence-corrected chi connectivity index (χ2v) is 7.38. The molecule has 0 aliphatic rings. The molecule has 0 spiro atoms. The minimum absolute atomic E-state index is 0.00216. The van der Waals surface area contributed by atoms with E-state index in [1.807, 2.05) is 73.7 Å². The molecule has 4 aromatic rings. The van der Waals surface area contributed by atoms with Crippen molar-refractivity contribution >= 4 is 28.5 Å². The molecule has 32 heavy (non-hydrogen) atoms. The summed E-state index contributed by atoms with van der Waals surface area (Å²) in [7, 11) is 0. The Balaban J connectivity index is 0.000000243. The molecule has 0 atom stereocenters. The average Bonchev–Trinajstić information content (AvgIpc) is 3.13. The third kappa shape index (κ3) is 5.20. The second-order valence-electron chi connectivity index (χ2n) is 7.38. The molecule has 7 nitrogen and oxygen atoms in total. The number of nitrogens with zero attached hydrogens (tertiary/aromatic N) is 1. The van der Waals surface area contributed by atoms with E-state index >= 15 is 0 Å². The largest absolute Gasteiger partial charge is 0.477 e. The van der Waals surface area contributed by atoms with Crippen LogP contribution in [0.2, 0.25) is 0 Å². The Labute approximate surface area is 185 Å². The summed E-state index contributed by atoms with van der Waals surface area (Å²) in [4.78, 5) is 11.5. The van der Waals surface area contributed by atoms with E-state index in [1.165, 1.54) is 0 Å². The molecular weight excluding hydrogens is 402 g/mol. The van der Waals surface area contributed by atoms with Crippen LogP contribution in [0.15, 0.2) is 78.9 Å². The smallest absolute Gasteiger partial charge is 0.352 e.